The molecule has 0 spiro atoms. The third-order valence-corrected chi connectivity index (χ3v) is 6.56. The summed E-state index contributed by atoms with van der Waals surface area (Å²) >= 11 is 0. The van der Waals surface area contributed by atoms with Gasteiger partial charge < -0.3 is 10.8 Å². The standard InChI is InChI=1S/C20H15NO7S2/c21-16-6-2-4-11-3-1-5-15(18(11)16)19-17(30(26,27)28)10-12-9-13(29(23,24)25)7-8-14(12)20(19)22/h1-10,22H,21H2,(H,23,24,25)(H,26,27,28). The highest BCUT2D eigenvalue weighted by Crippen LogP contribution is 2.45. The van der Waals surface area contributed by atoms with Gasteiger partial charge in [-0.05, 0) is 46.7 Å². The van der Waals surface area contributed by atoms with Gasteiger partial charge in [-0.15, -0.1) is 0 Å². The van der Waals surface area contributed by atoms with Gasteiger partial charge in [0.05, 0.1) is 4.90 Å². The average molecular weight is 445 g/mol. The van der Waals surface area contributed by atoms with Crippen molar-refractivity contribution < 1.29 is 31.0 Å². The fourth-order valence-electron chi connectivity index (χ4n) is 3.54. The van der Waals surface area contributed by atoms with E-state index in [-0.39, 0.29) is 21.9 Å². The second kappa shape index (κ2) is 6.67. The van der Waals surface area contributed by atoms with Crippen LogP contribution in [0.3, 0.4) is 0 Å². The molecule has 154 valence electrons. The number of nitrogen functional groups attached to an aromatic ring is 1. The van der Waals surface area contributed by atoms with E-state index >= 15 is 0 Å². The van der Waals surface area contributed by atoms with Crippen LogP contribution in [-0.4, -0.2) is 31.0 Å². The van der Waals surface area contributed by atoms with E-state index in [4.69, 9.17) is 5.73 Å². The van der Waals surface area contributed by atoms with Gasteiger partial charge in [0.1, 0.15) is 10.6 Å². The Morgan fingerprint density at radius 1 is 0.767 bits per heavy atom. The summed E-state index contributed by atoms with van der Waals surface area (Å²) < 4.78 is 66.3. The number of fused-ring (bicyclic) bond motifs is 2. The van der Waals surface area contributed by atoms with Crippen LogP contribution in [0.1, 0.15) is 0 Å². The van der Waals surface area contributed by atoms with E-state index in [2.05, 4.69) is 0 Å². The molecule has 0 bridgehead atoms. The fourth-order valence-corrected chi connectivity index (χ4v) is 4.80. The third kappa shape index (κ3) is 3.25. The Morgan fingerprint density at radius 2 is 1.43 bits per heavy atom. The molecular formula is C20H15NO7S2. The second-order valence-electron chi connectivity index (χ2n) is 6.68. The molecule has 0 aromatic heterocycles. The molecule has 0 fully saturated rings. The highest BCUT2D eigenvalue weighted by molar-refractivity contribution is 7.86. The normalized spacial score (nSPS) is 12.5. The van der Waals surface area contributed by atoms with Gasteiger partial charge in [-0.3, -0.25) is 9.11 Å². The number of benzene rings is 4. The van der Waals surface area contributed by atoms with Crippen LogP contribution in [0.2, 0.25) is 0 Å². The predicted molar refractivity (Wildman–Crippen MR) is 113 cm³/mol. The molecule has 8 nitrogen and oxygen atoms in total. The van der Waals surface area contributed by atoms with Crippen LogP contribution < -0.4 is 5.73 Å². The maximum atomic E-state index is 12.2. The van der Waals surface area contributed by atoms with Crippen molar-refractivity contribution in [3.63, 3.8) is 0 Å². The summed E-state index contributed by atoms with van der Waals surface area (Å²) in [4.78, 5) is -1.12. The molecule has 0 amide bonds. The fraction of sp³-hybridized carbons (Fsp3) is 0. The zero-order valence-electron chi connectivity index (χ0n) is 15.1. The lowest BCUT2D eigenvalue weighted by molar-refractivity contribution is 0.473. The predicted octanol–water partition coefficient (Wildman–Crippen LogP) is 3.44. The van der Waals surface area contributed by atoms with Crippen LogP contribution in [0.15, 0.2) is 70.5 Å². The summed E-state index contributed by atoms with van der Waals surface area (Å²) in [6, 6.07) is 14.4. The van der Waals surface area contributed by atoms with E-state index in [9.17, 15) is 31.0 Å². The van der Waals surface area contributed by atoms with E-state index in [1.54, 1.807) is 36.4 Å². The molecule has 0 aliphatic heterocycles. The van der Waals surface area contributed by atoms with Crippen molar-refractivity contribution in [1.29, 1.82) is 0 Å². The Hall–Kier alpha value is -3.18. The first-order valence-corrected chi connectivity index (χ1v) is 11.4. The lowest BCUT2D eigenvalue weighted by Crippen LogP contribution is -2.03. The lowest BCUT2D eigenvalue weighted by Gasteiger charge is -2.16. The molecule has 0 saturated heterocycles. The topological polar surface area (TPSA) is 155 Å². The summed E-state index contributed by atoms with van der Waals surface area (Å²) in [6.45, 7) is 0. The van der Waals surface area contributed by atoms with Crippen molar-refractivity contribution in [3.8, 4) is 16.9 Å². The van der Waals surface area contributed by atoms with Crippen molar-refractivity contribution >= 4 is 47.5 Å². The van der Waals surface area contributed by atoms with Crippen molar-refractivity contribution in [2.45, 2.75) is 9.79 Å². The molecule has 30 heavy (non-hydrogen) atoms. The zero-order chi connectivity index (χ0) is 21.8. The maximum absolute atomic E-state index is 12.2. The molecule has 0 saturated carbocycles. The Kier molecular flexibility index (Phi) is 4.47. The summed E-state index contributed by atoms with van der Waals surface area (Å²) in [5.74, 6) is -0.488. The van der Waals surface area contributed by atoms with Gasteiger partial charge in [-0.25, -0.2) is 0 Å². The molecule has 0 aliphatic rings. The van der Waals surface area contributed by atoms with E-state index in [1.165, 1.54) is 6.07 Å². The van der Waals surface area contributed by atoms with Gasteiger partial charge in [0.25, 0.3) is 20.2 Å². The molecule has 0 atom stereocenters. The largest absolute Gasteiger partial charge is 0.507 e. The van der Waals surface area contributed by atoms with E-state index in [0.29, 0.717) is 16.5 Å². The van der Waals surface area contributed by atoms with Gasteiger partial charge in [-0.2, -0.15) is 16.8 Å². The Balaban J connectivity index is 2.20. The Morgan fingerprint density at radius 3 is 2.07 bits per heavy atom. The summed E-state index contributed by atoms with van der Waals surface area (Å²) in [5.41, 5.74) is 6.54. The van der Waals surface area contributed by atoms with Crippen molar-refractivity contribution in [2.24, 2.45) is 0 Å². The minimum absolute atomic E-state index is 0.00721. The van der Waals surface area contributed by atoms with Gasteiger partial charge in [0.2, 0.25) is 0 Å². The summed E-state index contributed by atoms with van der Waals surface area (Å²) in [5, 5.41) is 12.2. The number of phenolic OH excluding ortho intramolecular Hbond substituents is 1. The van der Waals surface area contributed by atoms with Crippen LogP contribution in [0, 0.1) is 0 Å². The first-order valence-electron chi connectivity index (χ1n) is 8.51. The summed E-state index contributed by atoms with van der Waals surface area (Å²) in [7, 11) is -9.40. The van der Waals surface area contributed by atoms with Gasteiger partial charge in [0.15, 0.2) is 0 Å². The monoisotopic (exact) mass is 445 g/mol. The average Bonchev–Trinajstić information content (AvgIpc) is 2.66. The van der Waals surface area contributed by atoms with Crippen LogP contribution in [-0.2, 0) is 20.2 Å². The van der Waals surface area contributed by atoms with Crippen molar-refractivity contribution in [2.75, 3.05) is 5.73 Å². The Bertz CT molecular complexity index is 1550. The number of hydrogen-bond acceptors (Lipinski definition) is 6. The molecule has 4 aromatic rings. The number of anilines is 1. The highest BCUT2D eigenvalue weighted by atomic mass is 32.2. The lowest BCUT2D eigenvalue weighted by atomic mass is 9.94. The molecular weight excluding hydrogens is 430 g/mol. The van der Waals surface area contributed by atoms with Crippen molar-refractivity contribution in [3.05, 3.63) is 60.7 Å². The molecule has 5 N–H and O–H groups in total. The Labute approximate surface area is 171 Å². The quantitative estimate of drug-likeness (QED) is 0.276. The van der Waals surface area contributed by atoms with Gasteiger partial charge >= 0.3 is 0 Å². The first kappa shape index (κ1) is 20.1. The molecule has 0 heterocycles. The number of aromatic hydroxyl groups is 1. The molecule has 0 unspecified atom stereocenters. The van der Waals surface area contributed by atoms with E-state index in [0.717, 1.165) is 18.2 Å². The number of nitrogens with two attached hydrogens (primary N) is 1. The zero-order valence-corrected chi connectivity index (χ0v) is 16.8. The number of hydrogen-bond donors (Lipinski definition) is 4. The second-order valence-corrected chi connectivity index (χ2v) is 9.49. The van der Waals surface area contributed by atoms with Crippen molar-refractivity contribution in [1.82, 2.24) is 0 Å². The molecule has 4 aromatic carbocycles. The van der Waals surface area contributed by atoms with Crippen LogP contribution in [0.4, 0.5) is 5.69 Å². The van der Waals surface area contributed by atoms with Gasteiger partial charge in [0, 0.05) is 22.0 Å². The molecule has 0 aliphatic carbocycles. The van der Waals surface area contributed by atoms with Crippen LogP contribution in [0.5, 0.6) is 5.75 Å². The smallest absolute Gasteiger partial charge is 0.295 e. The van der Waals surface area contributed by atoms with Crippen LogP contribution in [0.25, 0.3) is 32.7 Å². The first-order chi connectivity index (χ1) is 14.0. The highest BCUT2D eigenvalue weighted by Gasteiger charge is 2.25. The van der Waals surface area contributed by atoms with Crippen LogP contribution >= 0.6 is 0 Å². The number of phenols is 1. The number of rotatable bonds is 3. The molecule has 0 radical (unpaired) electrons. The summed E-state index contributed by atoms with van der Waals surface area (Å²) in [6.07, 6.45) is 0. The van der Waals surface area contributed by atoms with E-state index in [1.807, 2.05) is 0 Å². The maximum Gasteiger partial charge on any atom is 0.295 e. The SMILES string of the molecule is Nc1cccc2cccc(-c3c(S(=O)(=O)O)cc4cc(S(=O)(=O)O)ccc4c3O)c12. The van der Waals surface area contributed by atoms with Gasteiger partial charge in [-0.1, -0.05) is 30.3 Å². The molecule has 4 rings (SSSR count). The van der Waals surface area contributed by atoms with E-state index < -0.39 is 35.8 Å². The minimum atomic E-state index is -4.84. The minimum Gasteiger partial charge on any atom is -0.507 e. The third-order valence-electron chi connectivity index (χ3n) is 4.83. The molecule has 10 heteroatoms.